The molecule has 1 aromatic carbocycles. The first-order valence-electron chi connectivity index (χ1n) is 7.80. The second kappa shape index (κ2) is 7.28. The van der Waals surface area contributed by atoms with Crippen LogP contribution in [-0.2, 0) is 4.79 Å². The Kier molecular flexibility index (Phi) is 5.65. The second-order valence-corrected chi connectivity index (χ2v) is 6.29. The number of nitrogens with zero attached hydrogens (tertiary/aromatic N) is 1. The molecule has 2 fully saturated rings. The van der Waals surface area contributed by atoms with Crippen molar-refractivity contribution < 1.29 is 4.79 Å². The SMILES string of the molecule is Cl.NC[C@@H]1CN(C(=O)CCC2CC2)C[C@H]1c1ccccc1. The summed E-state index contributed by atoms with van der Waals surface area (Å²) in [5.41, 5.74) is 7.24. The molecular weight excluding hydrogens is 284 g/mol. The van der Waals surface area contributed by atoms with Gasteiger partial charge in [0.05, 0.1) is 0 Å². The molecule has 2 aliphatic rings. The fraction of sp³-hybridized carbons (Fsp3) is 0.588. The maximum absolute atomic E-state index is 12.3. The number of rotatable bonds is 5. The molecule has 0 radical (unpaired) electrons. The third-order valence-corrected chi connectivity index (χ3v) is 4.79. The van der Waals surface area contributed by atoms with Crippen molar-refractivity contribution in [2.24, 2.45) is 17.6 Å². The second-order valence-electron chi connectivity index (χ2n) is 6.29. The summed E-state index contributed by atoms with van der Waals surface area (Å²) in [6.07, 6.45) is 4.46. The molecule has 1 aliphatic carbocycles. The summed E-state index contributed by atoms with van der Waals surface area (Å²) >= 11 is 0. The Hall–Kier alpha value is -1.06. The first-order chi connectivity index (χ1) is 9.78. The van der Waals surface area contributed by atoms with Crippen LogP contribution in [-0.4, -0.2) is 30.4 Å². The molecule has 1 amide bonds. The van der Waals surface area contributed by atoms with Crippen LogP contribution in [0.3, 0.4) is 0 Å². The molecule has 1 heterocycles. The summed E-state index contributed by atoms with van der Waals surface area (Å²) in [5, 5.41) is 0. The normalized spacial score (nSPS) is 24.7. The molecule has 1 saturated heterocycles. The van der Waals surface area contributed by atoms with Crippen molar-refractivity contribution in [1.29, 1.82) is 0 Å². The molecule has 1 saturated carbocycles. The Balaban J connectivity index is 0.00000161. The highest BCUT2D eigenvalue weighted by molar-refractivity contribution is 5.85. The third kappa shape index (κ3) is 3.98. The van der Waals surface area contributed by atoms with Crippen LogP contribution in [0.2, 0.25) is 0 Å². The van der Waals surface area contributed by atoms with Gasteiger partial charge in [-0.3, -0.25) is 4.79 Å². The minimum atomic E-state index is 0. The smallest absolute Gasteiger partial charge is 0.222 e. The number of hydrogen-bond donors (Lipinski definition) is 1. The van der Waals surface area contributed by atoms with Gasteiger partial charge in [-0.05, 0) is 30.4 Å². The average molecular weight is 309 g/mol. The van der Waals surface area contributed by atoms with Crippen LogP contribution < -0.4 is 5.73 Å². The topological polar surface area (TPSA) is 46.3 Å². The van der Waals surface area contributed by atoms with Crippen molar-refractivity contribution in [1.82, 2.24) is 4.90 Å². The highest BCUT2D eigenvalue weighted by atomic mass is 35.5. The van der Waals surface area contributed by atoms with E-state index in [1.54, 1.807) is 0 Å². The number of carbonyl (C=O) groups excluding carboxylic acids is 1. The van der Waals surface area contributed by atoms with E-state index in [-0.39, 0.29) is 12.4 Å². The Bertz CT molecular complexity index is 461. The maximum Gasteiger partial charge on any atom is 0.222 e. The number of carbonyl (C=O) groups is 1. The molecule has 1 aromatic rings. The highest BCUT2D eigenvalue weighted by Crippen LogP contribution is 2.35. The van der Waals surface area contributed by atoms with Crippen LogP contribution in [0, 0.1) is 11.8 Å². The van der Waals surface area contributed by atoms with Gasteiger partial charge in [0.25, 0.3) is 0 Å². The molecular formula is C17H25ClN2O. The molecule has 4 heteroatoms. The van der Waals surface area contributed by atoms with Crippen LogP contribution in [0.5, 0.6) is 0 Å². The molecule has 2 N–H and O–H groups in total. The summed E-state index contributed by atoms with van der Waals surface area (Å²) < 4.78 is 0. The number of halogens is 1. The van der Waals surface area contributed by atoms with Crippen LogP contribution in [0.1, 0.15) is 37.2 Å². The van der Waals surface area contributed by atoms with E-state index >= 15 is 0 Å². The fourth-order valence-electron chi connectivity index (χ4n) is 3.28. The van der Waals surface area contributed by atoms with E-state index in [0.717, 1.165) is 31.8 Å². The molecule has 0 unspecified atom stereocenters. The maximum atomic E-state index is 12.3. The van der Waals surface area contributed by atoms with E-state index in [9.17, 15) is 4.79 Å². The summed E-state index contributed by atoms with van der Waals surface area (Å²) in [5.74, 6) is 1.97. The van der Waals surface area contributed by atoms with Crippen molar-refractivity contribution in [2.75, 3.05) is 19.6 Å². The van der Waals surface area contributed by atoms with Crippen molar-refractivity contribution in [3.05, 3.63) is 35.9 Å². The standard InChI is InChI=1S/C17H24N2O.ClH/c18-10-15-11-19(17(20)9-8-13-6-7-13)12-16(15)14-4-2-1-3-5-14;/h1-5,13,15-16H,6-12,18H2;1H/t15-,16+;/m1./s1. The number of nitrogens with two attached hydrogens (primary N) is 1. The van der Waals surface area contributed by atoms with Gasteiger partial charge in [0.1, 0.15) is 0 Å². The first-order valence-corrected chi connectivity index (χ1v) is 7.80. The van der Waals surface area contributed by atoms with E-state index in [1.165, 1.54) is 18.4 Å². The van der Waals surface area contributed by atoms with Gasteiger partial charge in [-0.2, -0.15) is 0 Å². The summed E-state index contributed by atoms with van der Waals surface area (Å²) in [4.78, 5) is 14.3. The van der Waals surface area contributed by atoms with Gasteiger partial charge < -0.3 is 10.6 Å². The molecule has 2 atom stereocenters. The van der Waals surface area contributed by atoms with E-state index in [2.05, 4.69) is 24.3 Å². The summed E-state index contributed by atoms with van der Waals surface area (Å²) in [6, 6.07) is 10.5. The van der Waals surface area contributed by atoms with Crippen molar-refractivity contribution in [3.8, 4) is 0 Å². The third-order valence-electron chi connectivity index (χ3n) is 4.79. The lowest BCUT2D eigenvalue weighted by Crippen LogP contribution is -2.29. The van der Waals surface area contributed by atoms with Crippen LogP contribution >= 0.6 is 12.4 Å². The largest absolute Gasteiger partial charge is 0.342 e. The Morgan fingerprint density at radius 3 is 2.52 bits per heavy atom. The minimum absolute atomic E-state index is 0. The van der Waals surface area contributed by atoms with Gasteiger partial charge >= 0.3 is 0 Å². The van der Waals surface area contributed by atoms with Gasteiger partial charge in [0.2, 0.25) is 5.91 Å². The zero-order valence-corrected chi connectivity index (χ0v) is 13.2. The molecule has 116 valence electrons. The van der Waals surface area contributed by atoms with Crippen LogP contribution in [0.4, 0.5) is 0 Å². The molecule has 0 spiro atoms. The van der Waals surface area contributed by atoms with Gasteiger partial charge in [-0.15, -0.1) is 12.4 Å². The monoisotopic (exact) mass is 308 g/mol. The van der Waals surface area contributed by atoms with Crippen LogP contribution in [0.25, 0.3) is 0 Å². The molecule has 0 aromatic heterocycles. The number of amides is 1. The summed E-state index contributed by atoms with van der Waals surface area (Å²) in [7, 11) is 0. The lowest BCUT2D eigenvalue weighted by atomic mass is 9.89. The van der Waals surface area contributed by atoms with Crippen LogP contribution in [0.15, 0.2) is 30.3 Å². The molecule has 3 nitrogen and oxygen atoms in total. The lowest BCUT2D eigenvalue weighted by molar-refractivity contribution is -0.130. The first kappa shape index (κ1) is 16.3. The predicted octanol–water partition coefficient (Wildman–Crippen LogP) is 2.80. The average Bonchev–Trinajstić information content (AvgIpc) is 3.22. The summed E-state index contributed by atoms with van der Waals surface area (Å²) in [6.45, 7) is 2.33. The quantitative estimate of drug-likeness (QED) is 0.909. The minimum Gasteiger partial charge on any atom is -0.342 e. The Labute approximate surface area is 133 Å². The molecule has 0 bridgehead atoms. The van der Waals surface area contributed by atoms with Gasteiger partial charge in [-0.25, -0.2) is 0 Å². The fourth-order valence-corrected chi connectivity index (χ4v) is 3.28. The highest BCUT2D eigenvalue weighted by Gasteiger charge is 2.35. The van der Waals surface area contributed by atoms with E-state index in [1.807, 2.05) is 11.0 Å². The molecule has 3 rings (SSSR count). The number of likely N-dealkylation sites (tertiary alicyclic amines) is 1. The van der Waals surface area contributed by atoms with E-state index < -0.39 is 0 Å². The predicted molar refractivity (Wildman–Crippen MR) is 87.5 cm³/mol. The Morgan fingerprint density at radius 2 is 1.90 bits per heavy atom. The van der Waals surface area contributed by atoms with Crippen molar-refractivity contribution in [3.63, 3.8) is 0 Å². The lowest BCUT2D eigenvalue weighted by Gasteiger charge is -2.16. The van der Waals surface area contributed by atoms with E-state index in [0.29, 0.717) is 24.3 Å². The zero-order valence-electron chi connectivity index (χ0n) is 12.4. The van der Waals surface area contributed by atoms with Gasteiger partial charge in [-0.1, -0.05) is 43.2 Å². The van der Waals surface area contributed by atoms with Crippen molar-refractivity contribution in [2.45, 2.75) is 31.6 Å². The van der Waals surface area contributed by atoms with E-state index in [4.69, 9.17) is 5.73 Å². The molecule has 21 heavy (non-hydrogen) atoms. The number of benzene rings is 1. The van der Waals surface area contributed by atoms with Crippen molar-refractivity contribution >= 4 is 18.3 Å². The Morgan fingerprint density at radius 1 is 1.19 bits per heavy atom. The zero-order chi connectivity index (χ0) is 13.9. The van der Waals surface area contributed by atoms with Gasteiger partial charge in [0.15, 0.2) is 0 Å². The molecule has 1 aliphatic heterocycles. The van der Waals surface area contributed by atoms with Gasteiger partial charge in [0, 0.05) is 25.4 Å². The number of hydrogen-bond acceptors (Lipinski definition) is 2.